The highest BCUT2D eigenvalue weighted by Gasteiger charge is 2.20. The van der Waals surface area contributed by atoms with E-state index in [2.05, 4.69) is 5.32 Å². The number of hydrogen-bond acceptors (Lipinski definition) is 5. The molecule has 7 nitrogen and oxygen atoms in total. The van der Waals surface area contributed by atoms with Crippen LogP contribution in [-0.2, 0) is 16.6 Å². The lowest BCUT2D eigenvalue weighted by Crippen LogP contribution is -2.15. The average molecular weight is 361 g/mol. The lowest BCUT2D eigenvalue weighted by atomic mass is 10.1. The zero-order valence-electron chi connectivity index (χ0n) is 10.5. The molecule has 0 aliphatic rings. The molecule has 0 aliphatic heterocycles. The van der Waals surface area contributed by atoms with E-state index >= 15 is 0 Å². The largest absolute Gasteiger partial charge is 0.478 e. The molecule has 118 valence electrons. The van der Waals surface area contributed by atoms with Crippen molar-refractivity contribution in [2.24, 2.45) is 5.14 Å². The number of nitrogens with two attached hydrogens (primary N) is 1. The Morgan fingerprint density at radius 3 is 2.59 bits per heavy atom. The maximum Gasteiger partial charge on any atom is 0.337 e. The fraction of sp³-hybridized carbons (Fsp3) is 0.0833. The predicted molar refractivity (Wildman–Crippen MR) is 85.8 cm³/mol. The smallest absolute Gasteiger partial charge is 0.337 e. The van der Waals surface area contributed by atoms with E-state index in [1.807, 2.05) is 0 Å². The van der Waals surface area contributed by atoms with Crippen molar-refractivity contribution in [2.45, 2.75) is 11.4 Å². The van der Waals surface area contributed by atoms with Gasteiger partial charge >= 0.3 is 5.97 Å². The number of hydrogen-bond donors (Lipinski definition) is 3. The Bertz CT molecular complexity index is 777. The Kier molecular flexibility index (Phi) is 6.05. The molecule has 1 aromatic heterocycles. The van der Waals surface area contributed by atoms with Crippen LogP contribution in [0.1, 0.15) is 16.1 Å². The highest BCUT2D eigenvalue weighted by atomic mass is 35.5. The highest BCUT2D eigenvalue weighted by molar-refractivity contribution is 7.89. The van der Waals surface area contributed by atoms with Gasteiger partial charge in [-0.3, -0.25) is 0 Å². The second kappa shape index (κ2) is 7.18. The van der Waals surface area contributed by atoms with Gasteiger partial charge in [-0.1, -0.05) is 11.6 Å². The quantitative estimate of drug-likeness (QED) is 0.675. The second-order valence-electron chi connectivity index (χ2n) is 4.11. The van der Waals surface area contributed by atoms with Crippen molar-refractivity contribution in [3.63, 3.8) is 0 Å². The molecule has 0 radical (unpaired) electrons. The molecule has 0 saturated carbocycles. The van der Waals surface area contributed by atoms with Gasteiger partial charge in [-0.15, -0.1) is 0 Å². The van der Waals surface area contributed by atoms with Crippen LogP contribution in [-0.4, -0.2) is 36.9 Å². The molecular weight excluding hydrogens is 347 g/mol. The van der Waals surface area contributed by atoms with E-state index in [0.717, 1.165) is 6.07 Å². The first-order chi connectivity index (χ1) is 9.79. The molecule has 2 aromatic rings. The van der Waals surface area contributed by atoms with Gasteiger partial charge in [0.05, 0.1) is 29.1 Å². The minimum atomic E-state index is -4.11. The van der Waals surface area contributed by atoms with Crippen molar-refractivity contribution in [3.05, 3.63) is 46.9 Å². The van der Waals surface area contributed by atoms with Crippen LogP contribution in [0.5, 0.6) is 0 Å². The van der Waals surface area contributed by atoms with E-state index in [1.54, 1.807) is 12.1 Å². The third-order valence-corrected chi connectivity index (χ3v) is 4.02. The number of halogens is 1. The summed E-state index contributed by atoms with van der Waals surface area (Å²) in [5.74, 6) is -0.725. The van der Waals surface area contributed by atoms with Crippen LogP contribution in [0.2, 0.25) is 5.02 Å². The molecule has 0 atom stereocenters. The lowest BCUT2D eigenvalue weighted by molar-refractivity contribution is 0.0697. The van der Waals surface area contributed by atoms with Crippen molar-refractivity contribution >= 4 is 50.6 Å². The van der Waals surface area contributed by atoms with Gasteiger partial charge in [0, 0.05) is 0 Å². The number of carboxylic acids is 1. The van der Waals surface area contributed by atoms with Crippen LogP contribution in [0.3, 0.4) is 0 Å². The van der Waals surface area contributed by atoms with Gasteiger partial charge in [0.15, 0.2) is 17.4 Å². The SMILES string of the molecule is NS(=O)(=O)c1cc(C(=O)O)c(NCc2ccco2)cc1Cl.[AlH3]. The van der Waals surface area contributed by atoms with Crippen LogP contribution in [0.4, 0.5) is 5.69 Å². The summed E-state index contributed by atoms with van der Waals surface area (Å²) >= 11 is 5.84. The number of furan rings is 1. The van der Waals surface area contributed by atoms with E-state index in [0.29, 0.717) is 5.76 Å². The van der Waals surface area contributed by atoms with Crippen LogP contribution in [0.15, 0.2) is 39.8 Å². The summed E-state index contributed by atoms with van der Waals surface area (Å²) in [5, 5.41) is 16.8. The molecule has 0 unspecified atom stereocenters. The first-order valence-electron chi connectivity index (χ1n) is 5.65. The van der Waals surface area contributed by atoms with Crippen LogP contribution in [0.25, 0.3) is 0 Å². The number of sulfonamides is 1. The van der Waals surface area contributed by atoms with E-state index in [9.17, 15) is 13.2 Å². The summed E-state index contributed by atoms with van der Waals surface area (Å²) in [7, 11) is -4.11. The Morgan fingerprint density at radius 1 is 1.41 bits per heavy atom. The molecule has 0 amide bonds. The van der Waals surface area contributed by atoms with Gasteiger partial charge < -0.3 is 14.8 Å². The molecule has 2 rings (SSSR count). The van der Waals surface area contributed by atoms with E-state index in [-0.39, 0.29) is 40.2 Å². The molecule has 22 heavy (non-hydrogen) atoms. The number of anilines is 1. The van der Waals surface area contributed by atoms with E-state index in [1.165, 1.54) is 12.3 Å². The molecule has 1 aromatic carbocycles. The molecule has 4 N–H and O–H groups in total. The van der Waals surface area contributed by atoms with Gasteiger partial charge in [0.1, 0.15) is 10.7 Å². The Hall–Kier alpha value is -1.50. The summed E-state index contributed by atoms with van der Waals surface area (Å²) in [4.78, 5) is 10.8. The maximum atomic E-state index is 11.3. The van der Waals surface area contributed by atoms with Gasteiger partial charge in [-0.25, -0.2) is 18.4 Å². The summed E-state index contributed by atoms with van der Waals surface area (Å²) in [6, 6.07) is 5.51. The first kappa shape index (κ1) is 18.6. The number of carbonyl (C=O) groups is 1. The van der Waals surface area contributed by atoms with Crippen molar-refractivity contribution < 1.29 is 22.7 Å². The molecule has 0 fully saturated rings. The van der Waals surface area contributed by atoms with Crippen molar-refractivity contribution in [1.29, 1.82) is 0 Å². The Morgan fingerprint density at radius 2 is 2.09 bits per heavy atom. The van der Waals surface area contributed by atoms with Gasteiger partial charge in [0.25, 0.3) is 0 Å². The molecule has 0 saturated heterocycles. The third-order valence-electron chi connectivity index (χ3n) is 2.64. The first-order valence-corrected chi connectivity index (χ1v) is 7.57. The van der Waals surface area contributed by atoms with Crippen molar-refractivity contribution in [2.75, 3.05) is 5.32 Å². The lowest BCUT2D eigenvalue weighted by Gasteiger charge is -2.11. The van der Waals surface area contributed by atoms with Gasteiger partial charge in [-0.2, -0.15) is 0 Å². The summed E-state index contributed by atoms with van der Waals surface area (Å²) in [6.45, 7) is 0.221. The maximum absolute atomic E-state index is 11.3. The fourth-order valence-corrected chi connectivity index (χ4v) is 2.79. The molecule has 0 spiro atoms. The van der Waals surface area contributed by atoms with E-state index < -0.39 is 20.9 Å². The normalized spacial score (nSPS) is 10.8. The number of nitrogens with one attached hydrogen (secondary N) is 1. The zero-order valence-corrected chi connectivity index (χ0v) is 12.1. The summed E-state index contributed by atoms with van der Waals surface area (Å²) in [6.07, 6.45) is 1.48. The number of rotatable bonds is 5. The molecule has 10 heteroatoms. The summed E-state index contributed by atoms with van der Waals surface area (Å²) in [5.41, 5.74) is -0.0914. The fourth-order valence-electron chi connectivity index (χ4n) is 1.69. The highest BCUT2D eigenvalue weighted by Crippen LogP contribution is 2.28. The minimum Gasteiger partial charge on any atom is -0.478 e. The van der Waals surface area contributed by atoms with Crippen LogP contribution < -0.4 is 10.5 Å². The Labute approximate surface area is 142 Å². The average Bonchev–Trinajstić information content (AvgIpc) is 2.87. The van der Waals surface area contributed by atoms with Crippen LogP contribution >= 0.6 is 11.6 Å². The molecule has 0 bridgehead atoms. The summed E-state index contributed by atoms with van der Waals surface area (Å²) < 4.78 is 27.8. The molecular formula is C12H14AlClN2O5S. The van der Waals surface area contributed by atoms with Crippen LogP contribution in [0, 0.1) is 0 Å². The topological polar surface area (TPSA) is 123 Å². The van der Waals surface area contributed by atoms with Crippen molar-refractivity contribution in [1.82, 2.24) is 0 Å². The molecule has 0 aliphatic carbocycles. The van der Waals surface area contributed by atoms with Crippen molar-refractivity contribution in [3.8, 4) is 0 Å². The standard InChI is InChI=1S/C12H11ClN2O5S.Al.3H/c13-9-5-10(15-6-7-2-1-3-20-7)8(12(16)17)4-11(9)21(14,18)19;;;;/h1-5,15H,6H2,(H,16,17)(H2,14,18,19);;;;. The number of primary sulfonamides is 1. The van der Waals surface area contributed by atoms with E-state index in [4.69, 9.17) is 26.3 Å². The number of carboxylic acid groups (broad SMARTS) is 1. The zero-order chi connectivity index (χ0) is 15.6. The number of aromatic carboxylic acids is 1. The minimum absolute atomic E-state index is 0. The van der Waals surface area contributed by atoms with Gasteiger partial charge in [0.2, 0.25) is 10.0 Å². The monoisotopic (exact) mass is 360 g/mol. The second-order valence-corrected chi connectivity index (χ2v) is 6.05. The molecule has 1 heterocycles. The van der Waals surface area contributed by atoms with Gasteiger partial charge in [-0.05, 0) is 24.3 Å². The number of benzene rings is 1. The predicted octanol–water partition coefficient (Wildman–Crippen LogP) is 0.707. The Balaban J connectivity index is 0.00000242. The third kappa shape index (κ3) is 4.25.